The average molecular weight is 297 g/mol. The Bertz CT molecular complexity index is 465. The van der Waals surface area contributed by atoms with Gasteiger partial charge in [0, 0.05) is 13.6 Å². The summed E-state index contributed by atoms with van der Waals surface area (Å²) in [4.78, 5) is 36.3. The van der Waals surface area contributed by atoms with Crippen LogP contribution in [0.25, 0.3) is 0 Å². The summed E-state index contributed by atoms with van der Waals surface area (Å²) < 4.78 is 5.23. The number of carboxylic acids is 1. The van der Waals surface area contributed by atoms with Crippen LogP contribution in [0.15, 0.2) is 12.2 Å². The molecule has 3 N–H and O–H groups in total. The first kappa shape index (κ1) is 15.3. The summed E-state index contributed by atoms with van der Waals surface area (Å²) in [7, 11) is 1.50. The van der Waals surface area contributed by atoms with Crippen LogP contribution in [0.4, 0.5) is 4.79 Å². The van der Waals surface area contributed by atoms with Crippen molar-refractivity contribution in [1.29, 1.82) is 0 Å². The Balaban J connectivity index is 1.94. The normalized spacial score (nSPS) is 28.2. The van der Waals surface area contributed by atoms with Crippen molar-refractivity contribution >= 4 is 17.9 Å². The van der Waals surface area contributed by atoms with Crippen molar-refractivity contribution in [2.24, 2.45) is 5.92 Å². The molecule has 3 unspecified atom stereocenters. The highest BCUT2D eigenvalue weighted by molar-refractivity contribution is 5.87. The van der Waals surface area contributed by atoms with E-state index in [4.69, 9.17) is 9.84 Å². The number of aliphatic carboxylic acids is 1. The molecule has 2 aliphatic rings. The first-order valence-electron chi connectivity index (χ1n) is 6.80. The third kappa shape index (κ3) is 3.52. The largest absolute Gasteiger partial charge is 0.481 e. The molecular weight excluding hydrogens is 278 g/mol. The minimum Gasteiger partial charge on any atom is -0.481 e. The number of carbonyl (C=O) groups is 3. The summed E-state index contributed by atoms with van der Waals surface area (Å²) in [6.45, 7) is 0.854. The number of ether oxygens (including phenoxy) is 1. The predicted molar refractivity (Wildman–Crippen MR) is 72.6 cm³/mol. The van der Waals surface area contributed by atoms with Crippen molar-refractivity contribution in [3.05, 3.63) is 12.2 Å². The van der Waals surface area contributed by atoms with Gasteiger partial charge in [-0.05, 0) is 6.42 Å². The van der Waals surface area contributed by atoms with Gasteiger partial charge >= 0.3 is 12.0 Å². The third-order valence-electron chi connectivity index (χ3n) is 3.65. The van der Waals surface area contributed by atoms with Crippen molar-refractivity contribution in [3.8, 4) is 0 Å². The zero-order chi connectivity index (χ0) is 15.4. The van der Waals surface area contributed by atoms with E-state index in [-0.39, 0.29) is 24.6 Å². The van der Waals surface area contributed by atoms with Gasteiger partial charge in [-0.25, -0.2) is 4.79 Å². The van der Waals surface area contributed by atoms with E-state index in [1.54, 1.807) is 12.2 Å². The van der Waals surface area contributed by atoms with Gasteiger partial charge in [-0.1, -0.05) is 12.2 Å². The zero-order valence-electron chi connectivity index (χ0n) is 11.7. The average Bonchev–Trinajstić information content (AvgIpc) is 2.95. The van der Waals surface area contributed by atoms with Gasteiger partial charge in [0.05, 0.1) is 25.2 Å². The zero-order valence-corrected chi connectivity index (χ0v) is 11.7. The summed E-state index contributed by atoms with van der Waals surface area (Å²) in [5.41, 5.74) is 0. The third-order valence-corrected chi connectivity index (χ3v) is 3.65. The van der Waals surface area contributed by atoms with E-state index in [0.717, 1.165) is 0 Å². The first-order valence-corrected chi connectivity index (χ1v) is 6.80. The van der Waals surface area contributed by atoms with Gasteiger partial charge in [0.25, 0.3) is 0 Å². The molecule has 1 aliphatic heterocycles. The number of nitrogens with one attached hydrogen (secondary N) is 2. The van der Waals surface area contributed by atoms with Gasteiger partial charge in [-0.3, -0.25) is 9.59 Å². The Hall–Kier alpha value is -2.09. The minimum atomic E-state index is -0.905. The van der Waals surface area contributed by atoms with Crippen molar-refractivity contribution in [2.45, 2.75) is 18.5 Å². The van der Waals surface area contributed by atoms with Crippen molar-refractivity contribution < 1.29 is 24.2 Å². The fourth-order valence-electron chi connectivity index (χ4n) is 2.46. The molecule has 3 amide bonds. The van der Waals surface area contributed by atoms with E-state index in [2.05, 4.69) is 10.6 Å². The Morgan fingerprint density at radius 1 is 1.33 bits per heavy atom. The van der Waals surface area contributed by atoms with Crippen LogP contribution in [0.5, 0.6) is 0 Å². The fraction of sp³-hybridized carbons (Fsp3) is 0.615. The van der Waals surface area contributed by atoms with Gasteiger partial charge in [-0.2, -0.15) is 0 Å². The maximum atomic E-state index is 12.3. The van der Waals surface area contributed by atoms with Crippen molar-refractivity contribution in [3.63, 3.8) is 0 Å². The Labute approximate surface area is 122 Å². The number of nitrogens with zero attached hydrogens (tertiary/aromatic N) is 1. The van der Waals surface area contributed by atoms with Gasteiger partial charge in [0.15, 0.2) is 0 Å². The second kappa shape index (κ2) is 6.57. The van der Waals surface area contributed by atoms with E-state index in [1.165, 1.54) is 11.9 Å². The van der Waals surface area contributed by atoms with Gasteiger partial charge in [0.2, 0.25) is 5.91 Å². The van der Waals surface area contributed by atoms with Gasteiger partial charge < -0.3 is 25.4 Å². The number of carbonyl (C=O) groups excluding carboxylic acids is 2. The second-order valence-electron chi connectivity index (χ2n) is 5.02. The molecule has 0 aromatic carbocycles. The highest BCUT2D eigenvalue weighted by Gasteiger charge is 2.34. The number of hydrogen-bond donors (Lipinski definition) is 3. The summed E-state index contributed by atoms with van der Waals surface area (Å²) in [5, 5.41) is 14.2. The Morgan fingerprint density at radius 2 is 2.10 bits per heavy atom. The molecule has 0 spiro atoms. The number of amides is 3. The van der Waals surface area contributed by atoms with Crippen molar-refractivity contribution in [1.82, 2.24) is 15.5 Å². The lowest BCUT2D eigenvalue weighted by molar-refractivity contribution is -0.140. The van der Waals surface area contributed by atoms with E-state index >= 15 is 0 Å². The lowest BCUT2D eigenvalue weighted by atomic mass is 10.1. The monoisotopic (exact) mass is 297 g/mol. The van der Waals surface area contributed by atoms with Crippen LogP contribution in [0.1, 0.15) is 6.42 Å². The molecule has 2 rings (SSSR count). The number of morpholine rings is 1. The standard InChI is InChI=1S/C13H19N3O5/c1-14-11(17)10-7-21-5-4-16(10)13(20)15-9-3-2-8(6-9)12(18)19/h2-3,8-10H,4-7H2,1H3,(H,14,17)(H,15,20)(H,18,19). The number of carboxylic acid groups (broad SMARTS) is 1. The minimum absolute atomic E-state index is 0.158. The van der Waals surface area contributed by atoms with E-state index in [1.807, 2.05) is 0 Å². The highest BCUT2D eigenvalue weighted by Crippen LogP contribution is 2.18. The summed E-state index contributed by atoms with van der Waals surface area (Å²) in [6, 6.07) is -1.37. The lowest BCUT2D eigenvalue weighted by Gasteiger charge is -2.34. The van der Waals surface area contributed by atoms with Crippen LogP contribution in [-0.4, -0.2) is 66.8 Å². The maximum Gasteiger partial charge on any atom is 0.318 e. The van der Waals surface area contributed by atoms with E-state index in [0.29, 0.717) is 19.6 Å². The smallest absolute Gasteiger partial charge is 0.318 e. The predicted octanol–water partition coefficient (Wildman–Crippen LogP) is -0.828. The molecular formula is C13H19N3O5. The number of urea groups is 1. The summed E-state index contributed by atoms with van der Waals surface area (Å²) in [6.07, 6.45) is 3.57. The Morgan fingerprint density at radius 3 is 2.71 bits per heavy atom. The molecule has 1 saturated heterocycles. The number of likely N-dealkylation sites (N-methyl/N-ethyl adjacent to an activating group) is 1. The maximum absolute atomic E-state index is 12.3. The molecule has 1 heterocycles. The van der Waals surface area contributed by atoms with Crippen LogP contribution in [-0.2, 0) is 14.3 Å². The van der Waals surface area contributed by atoms with Crippen molar-refractivity contribution in [2.75, 3.05) is 26.8 Å². The molecule has 3 atom stereocenters. The molecule has 0 aromatic heterocycles. The topological polar surface area (TPSA) is 108 Å². The molecule has 0 radical (unpaired) electrons. The summed E-state index contributed by atoms with van der Waals surface area (Å²) >= 11 is 0. The lowest BCUT2D eigenvalue weighted by Crippen LogP contribution is -2.58. The quantitative estimate of drug-likeness (QED) is 0.589. The van der Waals surface area contributed by atoms with Gasteiger partial charge in [0.1, 0.15) is 6.04 Å². The number of rotatable bonds is 3. The Kier molecular flexibility index (Phi) is 4.79. The number of hydrogen-bond acceptors (Lipinski definition) is 4. The molecule has 0 bridgehead atoms. The fourth-order valence-corrected chi connectivity index (χ4v) is 2.46. The van der Waals surface area contributed by atoms with Crippen LogP contribution in [0.3, 0.4) is 0 Å². The first-order chi connectivity index (χ1) is 10.0. The molecule has 8 heteroatoms. The molecule has 8 nitrogen and oxygen atoms in total. The summed E-state index contributed by atoms with van der Waals surface area (Å²) in [5.74, 6) is -1.76. The molecule has 1 aliphatic carbocycles. The van der Waals surface area contributed by atoms with Crippen LogP contribution < -0.4 is 10.6 Å². The SMILES string of the molecule is CNC(=O)C1COCCN1C(=O)NC1C=CC(C(=O)O)C1. The van der Waals surface area contributed by atoms with Crippen LogP contribution in [0.2, 0.25) is 0 Å². The van der Waals surface area contributed by atoms with E-state index < -0.39 is 17.9 Å². The molecule has 1 fully saturated rings. The molecule has 0 saturated carbocycles. The van der Waals surface area contributed by atoms with Gasteiger partial charge in [-0.15, -0.1) is 0 Å². The van der Waals surface area contributed by atoms with E-state index in [9.17, 15) is 14.4 Å². The van der Waals surface area contributed by atoms with Crippen LogP contribution in [0, 0.1) is 5.92 Å². The highest BCUT2D eigenvalue weighted by atomic mass is 16.5. The second-order valence-corrected chi connectivity index (χ2v) is 5.02. The molecule has 21 heavy (non-hydrogen) atoms. The molecule has 116 valence electrons. The molecule has 0 aromatic rings. The van der Waals surface area contributed by atoms with Crippen LogP contribution >= 0.6 is 0 Å².